The summed E-state index contributed by atoms with van der Waals surface area (Å²) in [5.74, 6) is -0.877. The van der Waals surface area contributed by atoms with E-state index in [1.807, 2.05) is 32.9 Å². The molecule has 19 heavy (non-hydrogen) atoms. The van der Waals surface area contributed by atoms with E-state index in [9.17, 15) is 9.90 Å². The number of carboxylic acids is 1. The fourth-order valence-electron chi connectivity index (χ4n) is 2.66. The molecule has 0 aromatic heterocycles. The summed E-state index contributed by atoms with van der Waals surface area (Å²) in [6, 6.07) is 9.78. The smallest absolute Gasteiger partial charge is 0.336 e. The molecular weight excluding hydrogens is 236 g/mol. The van der Waals surface area contributed by atoms with Gasteiger partial charge in [0, 0.05) is 0 Å². The lowest BCUT2D eigenvalue weighted by atomic mass is 9.90. The maximum atomic E-state index is 11.4. The van der Waals surface area contributed by atoms with Gasteiger partial charge in [-0.2, -0.15) is 0 Å². The lowest BCUT2D eigenvalue weighted by Gasteiger charge is -2.14. The Labute approximate surface area is 113 Å². The molecule has 0 aliphatic carbocycles. The Hall–Kier alpha value is -2.09. The van der Waals surface area contributed by atoms with Crippen molar-refractivity contribution in [3.63, 3.8) is 0 Å². The summed E-state index contributed by atoms with van der Waals surface area (Å²) >= 11 is 0. The minimum absolute atomic E-state index is 0.370. The van der Waals surface area contributed by atoms with Crippen LogP contribution in [0.4, 0.5) is 0 Å². The van der Waals surface area contributed by atoms with Crippen molar-refractivity contribution < 1.29 is 9.90 Å². The summed E-state index contributed by atoms with van der Waals surface area (Å²) in [6.07, 6.45) is 0. The zero-order valence-electron chi connectivity index (χ0n) is 11.7. The van der Waals surface area contributed by atoms with E-state index < -0.39 is 5.97 Å². The Morgan fingerprint density at radius 2 is 1.47 bits per heavy atom. The average Bonchev–Trinajstić information content (AvgIpc) is 2.29. The van der Waals surface area contributed by atoms with Gasteiger partial charge >= 0.3 is 5.97 Å². The highest BCUT2D eigenvalue weighted by Gasteiger charge is 2.15. The van der Waals surface area contributed by atoms with Crippen molar-refractivity contribution in [1.29, 1.82) is 0 Å². The van der Waals surface area contributed by atoms with Gasteiger partial charge in [-0.25, -0.2) is 4.79 Å². The van der Waals surface area contributed by atoms with E-state index in [0.29, 0.717) is 5.56 Å². The van der Waals surface area contributed by atoms with Crippen LogP contribution in [0.2, 0.25) is 0 Å². The van der Waals surface area contributed by atoms with Crippen LogP contribution in [0, 0.1) is 27.7 Å². The SMILES string of the molecule is Cc1cc(C)c(-c2ccc(C)cc2C(=O)O)c(C)c1. The van der Waals surface area contributed by atoms with E-state index in [0.717, 1.165) is 27.8 Å². The van der Waals surface area contributed by atoms with E-state index in [1.54, 1.807) is 6.07 Å². The monoisotopic (exact) mass is 254 g/mol. The molecule has 0 saturated heterocycles. The summed E-state index contributed by atoms with van der Waals surface area (Å²) in [4.78, 5) is 11.4. The number of hydrogen-bond donors (Lipinski definition) is 1. The van der Waals surface area contributed by atoms with Crippen molar-refractivity contribution in [2.24, 2.45) is 0 Å². The van der Waals surface area contributed by atoms with Crippen molar-refractivity contribution in [3.8, 4) is 11.1 Å². The van der Waals surface area contributed by atoms with Crippen LogP contribution < -0.4 is 0 Å². The lowest BCUT2D eigenvalue weighted by Crippen LogP contribution is -2.02. The van der Waals surface area contributed by atoms with Crippen LogP contribution in [0.25, 0.3) is 11.1 Å². The molecule has 0 atom stereocenters. The zero-order valence-corrected chi connectivity index (χ0v) is 11.7. The van der Waals surface area contributed by atoms with Crippen LogP contribution in [-0.2, 0) is 0 Å². The van der Waals surface area contributed by atoms with Gasteiger partial charge in [-0.15, -0.1) is 0 Å². The van der Waals surface area contributed by atoms with E-state index in [4.69, 9.17) is 0 Å². The first kappa shape index (κ1) is 13.3. The first-order valence-electron chi connectivity index (χ1n) is 6.32. The lowest BCUT2D eigenvalue weighted by molar-refractivity contribution is 0.0697. The molecule has 0 saturated carbocycles. The van der Waals surface area contributed by atoms with Crippen molar-refractivity contribution in [1.82, 2.24) is 0 Å². The third kappa shape index (κ3) is 2.53. The van der Waals surface area contributed by atoms with Gasteiger partial charge in [-0.05, 0) is 56.0 Å². The first-order chi connectivity index (χ1) is 8.90. The van der Waals surface area contributed by atoms with Crippen molar-refractivity contribution in [2.75, 3.05) is 0 Å². The molecule has 0 aliphatic heterocycles. The number of hydrogen-bond acceptors (Lipinski definition) is 1. The van der Waals surface area contributed by atoms with E-state index in [-0.39, 0.29) is 0 Å². The number of benzene rings is 2. The Morgan fingerprint density at radius 3 is 2.00 bits per heavy atom. The highest BCUT2D eigenvalue weighted by atomic mass is 16.4. The number of carboxylic acid groups (broad SMARTS) is 1. The second-order valence-corrected chi connectivity index (χ2v) is 5.13. The van der Waals surface area contributed by atoms with E-state index in [1.165, 1.54) is 5.56 Å². The summed E-state index contributed by atoms with van der Waals surface area (Å²) in [6.45, 7) is 8.02. The average molecular weight is 254 g/mol. The van der Waals surface area contributed by atoms with Gasteiger partial charge in [0.25, 0.3) is 0 Å². The Kier molecular flexibility index (Phi) is 3.43. The summed E-state index contributed by atoms with van der Waals surface area (Å²) < 4.78 is 0. The van der Waals surface area contributed by atoms with Crippen LogP contribution in [0.5, 0.6) is 0 Å². The highest BCUT2D eigenvalue weighted by molar-refractivity contribution is 5.97. The molecule has 0 aliphatic rings. The van der Waals surface area contributed by atoms with Crippen molar-refractivity contribution in [3.05, 3.63) is 58.1 Å². The zero-order chi connectivity index (χ0) is 14.2. The van der Waals surface area contributed by atoms with Gasteiger partial charge in [-0.1, -0.05) is 35.4 Å². The molecule has 2 aromatic carbocycles. The molecule has 0 heterocycles. The maximum Gasteiger partial charge on any atom is 0.336 e. The molecule has 1 N–H and O–H groups in total. The number of rotatable bonds is 2. The Morgan fingerprint density at radius 1 is 0.895 bits per heavy atom. The van der Waals surface area contributed by atoms with Gasteiger partial charge in [0.15, 0.2) is 0 Å². The topological polar surface area (TPSA) is 37.3 Å². The maximum absolute atomic E-state index is 11.4. The molecule has 0 spiro atoms. The third-order valence-corrected chi connectivity index (χ3v) is 3.35. The normalized spacial score (nSPS) is 10.5. The molecule has 0 bridgehead atoms. The molecule has 2 rings (SSSR count). The van der Waals surface area contributed by atoms with E-state index in [2.05, 4.69) is 19.1 Å². The molecule has 2 nitrogen and oxygen atoms in total. The number of carbonyl (C=O) groups is 1. The van der Waals surface area contributed by atoms with Crippen LogP contribution >= 0.6 is 0 Å². The fourth-order valence-corrected chi connectivity index (χ4v) is 2.66. The fraction of sp³-hybridized carbons (Fsp3) is 0.235. The van der Waals surface area contributed by atoms with Gasteiger partial charge in [0.05, 0.1) is 5.56 Å². The predicted octanol–water partition coefficient (Wildman–Crippen LogP) is 4.29. The minimum Gasteiger partial charge on any atom is -0.478 e. The third-order valence-electron chi connectivity index (χ3n) is 3.35. The molecule has 98 valence electrons. The second-order valence-electron chi connectivity index (χ2n) is 5.13. The summed E-state index contributed by atoms with van der Waals surface area (Å²) in [5, 5.41) is 9.39. The molecule has 0 unspecified atom stereocenters. The number of aromatic carboxylic acids is 1. The van der Waals surface area contributed by atoms with Crippen molar-refractivity contribution in [2.45, 2.75) is 27.7 Å². The van der Waals surface area contributed by atoms with Crippen LogP contribution in [0.3, 0.4) is 0 Å². The van der Waals surface area contributed by atoms with Gasteiger partial charge in [-0.3, -0.25) is 0 Å². The van der Waals surface area contributed by atoms with Gasteiger partial charge in [0.1, 0.15) is 0 Å². The summed E-state index contributed by atoms with van der Waals surface area (Å²) in [7, 11) is 0. The van der Waals surface area contributed by atoms with Gasteiger partial charge in [0.2, 0.25) is 0 Å². The quantitative estimate of drug-likeness (QED) is 0.868. The largest absolute Gasteiger partial charge is 0.478 e. The molecule has 0 amide bonds. The van der Waals surface area contributed by atoms with Crippen LogP contribution in [0.1, 0.15) is 32.6 Å². The Bertz CT molecular complexity index is 631. The molecular formula is C17H18O2. The molecule has 2 aromatic rings. The standard InChI is InChI=1S/C17H18O2/c1-10-5-6-14(15(9-10)17(18)19)16-12(3)7-11(2)8-13(16)4/h5-9H,1-4H3,(H,18,19). The van der Waals surface area contributed by atoms with Crippen LogP contribution in [-0.4, -0.2) is 11.1 Å². The first-order valence-corrected chi connectivity index (χ1v) is 6.32. The predicted molar refractivity (Wildman–Crippen MR) is 77.8 cm³/mol. The highest BCUT2D eigenvalue weighted by Crippen LogP contribution is 2.31. The molecule has 0 fully saturated rings. The van der Waals surface area contributed by atoms with Crippen molar-refractivity contribution >= 4 is 5.97 Å². The van der Waals surface area contributed by atoms with E-state index >= 15 is 0 Å². The second kappa shape index (κ2) is 4.88. The van der Waals surface area contributed by atoms with Gasteiger partial charge < -0.3 is 5.11 Å². The minimum atomic E-state index is -0.877. The molecule has 0 radical (unpaired) electrons. The number of aryl methyl sites for hydroxylation is 4. The van der Waals surface area contributed by atoms with Crippen LogP contribution in [0.15, 0.2) is 30.3 Å². The summed E-state index contributed by atoms with van der Waals surface area (Å²) in [5.41, 5.74) is 6.59. The molecule has 2 heteroatoms. The Balaban J connectivity index is 2.76.